The lowest BCUT2D eigenvalue weighted by molar-refractivity contribution is -0.117. The summed E-state index contributed by atoms with van der Waals surface area (Å²) >= 11 is 0. The van der Waals surface area contributed by atoms with Gasteiger partial charge in [0, 0.05) is 31.3 Å². The average Bonchev–Trinajstić information content (AvgIpc) is 2.68. The molecule has 0 spiro atoms. The maximum Gasteiger partial charge on any atom is 0.251 e. The summed E-state index contributed by atoms with van der Waals surface area (Å²) in [6.45, 7) is 0.581. The molecule has 8 heteroatoms. The van der Waals surface area contributed by atoms with Crippen molar-refractivity contribution in [2.75, 3.05) is 13.6 Å². The van der Waals surface area contributed by atoms with Crippen molar-refractivity contribution in [2.24, 2.45) is 10.7 Å². The largest absolute Gasteiger partial charge is 0.368 e. The molecule has 2 amide bonds. The molecule has 0 aliphatic rings. The van der Waals surface area contributed by atoms with Gasteiger partial charge in [-0.1, -0.05) is 30.3 Å². The minimum atomic E-state index is -0.599. The Labute approximate surface area is 156 Å². The number of hydrogen-bond donors (Lipinski definition) is 4. The first-order chi connectivity index (χ1) is 13.0. The standard InChI is InChI=1S/C19H22FN5O2/c1-22-19(25-11-15-4-2-3-5-16(15)20)24-10-13-6-8-14(9-7-13)18(27)23-12-17(21)26/h2-9H,10-12H2,1H3,(H2,21,26)(H,23,27)(H2,22,24,25). The number of carbonyl (C=O) groups excluding carboxylic acids is 2. The van der Waals surface area contributed by atoms with Crippen molar-refractivity contribution in [1.82, 2.24) is 16.0 Å². The van der Waals surface area contributed by atoms with Gasteiger partial charge in [-0.3, -0.25) is 14.6 Å². The van der Waals surface area contributed by atoms with Gasteiger partial charge in [-0.05, 0) is 23.8 Å². The van der Waals surface area contributed by atoms with Gasteiger partial charge in [0.05, 0.1) is 6.54 Å². The van der Waals surface area contributed by atoms with E-state index in [1.54, 1.807) is 49.5 Å². The third-order valence-corrected chi connectivity index (χ3v) is 3.73. The van der Waals surface area contributed by atoms with Gasteiger partial charge in [0.2, 0.25) is 5.91 Å². The van der Waals surface area contributed by atoms with Gasteiger partial charge in [-0.15, -0.1) is 0 Å². The molecule has 7 nitrogen and oxygen atoms in total. The molecule has 0 saturated carbocycles. The van der Waals surface area contributed by atoms with E-state index in [1.165, 1.54) is 6.07 Å². The van der Waals surface area contributed by atoms with E-state index in [2.05, 4.69) is 20.9 Å². The van der Waals surface area contributed by atoms with Crippen molar-refractivity contribution < 1.29 is 14.0 Å². The number of nitrogens with two attached hydrogens (primary N) is 1. The Morgan fingerprint density at radius 3 is 2.30 bits per heavy atom. The lowest BCUT2D eigenvalue weighted by atomic mass is 10.1. The third-order valence-electron chi connectivity index (χ3n) is 3.73. The molecule has 0 bridgehead atoms. The van der Waals surface area contributed by atoms with Gasteiger partial charge in [0.1, 0.15) is 5.82 Å². The molecule has 0 fully saturated rings. The van der Waals surface area contributed by atoms with Crippen molar-refractivity contribution in [3.05, 3.63) is 71.0 Å². The van der Waals surface area contributed by atoms with Crippen LogP contribution in [-0.4, -0.2) is 31.4 Å². The molecular weight excluding hydrogens is 349 g/mol. The summed E-state index contributed by atoms with van der Waals surface area (Å²) in [6, 6.07) is 13.4. The summed E-state index contributed by atoms with van der Waals surface area (Å²) in [5.41, 5.74) is 6.90. The summed E-state index contributed by atoms with van der Waals surface area (Å²) < 4.78 is 13.6. The molecule has 2 rings (SSSR count). The molecule has 0 aromatic heterocycles. The topological polar surface area (TPSA) is 109 Å². The van der Waals surface area contributed by atoms with Crippen LogP contribution >= 0.6 is 0 Å². The zero-order chi connectivity index (χ0) is 19.6. The highest BCUT2D eigenvalue weighted by Crippen LogP contribution is 2.06. The lowest BCUT2D eigenvalue weighted by Crippen LogP contribution is -2.36. The molecule has 2 aromatic carbocycles. The van der Waals surface area contributed by atoms with Crippen LogP contribution in [-0.2, 0) is 17.9 Å². The van der Waals surface area contributed by atoms with E-state index in [1.807, 2.05) is 0 Å². The van der Waals surface area contributed by atoms with Gasteiger partial charge in [0.25, 0.3) is 5.91 Å². The highest BCUT2D eigenvalue weighted by atomic mass is 19.1. The number of nitrogens with one attached hydrogen (secondary N) is 3. The van der Waals surface area contributed by atoms with Crippen LogP contribution < -0.4 is 21.7 Å². The van der Waals surface area contributed by atoms with Gasteiger partial charge >= 0.3 is 0 Å². The molecule has 2 aromatic rings. The number of benzene rings is 2. The van der Waals surface area contributed by atoms with Crippen molar-refractivity contribution >= 4 is 17.8 Å². The summed E-state index contributed by atoms with van der Waals surface area (Å²) in [4.78, 5) is 26.6. The summed E-state index contributed by atoms with van der Waals surface area (Å²) in [7, 11) is 1.63. The van der Waals surface area contributed by atoms with E-state index in [0.29, 0.717) is 30.2 Å². The van der Waals surface area contributed by atoms with Gasteiger partial charge in [0.15, 0.2) is 5.96 Å². The summed E-state index contributed by atoms with van der Waals surface area (Å²) in [6.07, 6.45) is 0. The second-order valence-electron chi connectivity index (χ2n) is 5.72. The first kappa shape index (κ1) is 19.9. The summed E-state index contributed by atoms with van der Waals surface area (Å²) in [5, 5.41) is 8.59. The number of rotatable bonds is 7. The molecule has 142 valence electrons. The van der Waals surface area contributed by atoms with Crippen LogP contribution in [0, 0.1) is 5.82 Å². The number of nitrogens with zero attached hydrogens (tertiary/aromatic N) is 1. The SMILES string of the molecule is CN=C(NCc1ccc(C(=O)NCC(N)=O)cc1)NCc1ccccc1F. The normalized spacial score (nSPS) is 11.0. The fourth-order valence-electron chi connectivity index (χ4n) is 2.27. The number of hydrogen-bond acceptors (Lipinski definition) is 3. The fraction of sp³-hybridized carbons (Fsp3) is 0.211. The van der Waals surface area contributed by atoms with Crippen LogP contribution in [0.1, 0.15) is 21.5 Å². The molecule has 27 heavy (non-hydrogen) atoms. The van der Waals surface area contributed by atoms with Gasteiger partial charge in [-0.25, -0.2) is 4.39 Å². The molecule has 5 N–H and O–H groups in total. The first-order valence-electron chi connectivity index (χ1n) is 8.33. The van der Waals surface area contributed by atoms with E-state index in [-0.39, 0.29) is 18.3 Å². The van der Waals surface area contributed by atoms with Crippen molar-refractivity contribution in [1.29, 1.82) is 0 Å². The minimum Gasteiger partial charge on any atom is -0.368 e. The molecule has 0 radical (unpaired) electrons. The van der Waals surface area contributed by atoms with E-state index in [0.717, 1.165) is 5.56 Å². The number of guanidine groups is 1. The smallest absolute Gasteiger partial charge is 0.251 e. The van der Waals surface area contributed by atoms with E-state index >= 15 is 0 Å². The number of halogens is 1. The van der Waals surface area contributed by atoms with Crippen LogP contribution in [0.4, 0.5) is 4.39 Å². The zero-order valence-electron chi connectivity index (χ0n) is 15.0. The highest BCUT2D eigenvalue weighted by Gasteiger charge is 2.07. The van der Waals surface area contributed by atoms with Crippen molar-refractivity contribution in [3.63, 3.8) is 0 Å². The molecule has 0 atom stereocenters. The molecular formula is C19H22FN5O2. The Hall–Kier alpha value is -3.42. The fourth-order valence-corrected chi connectivity index (χ4v) is 2.27. The summed E-state index contributed by atoms with van der Waals surface area (Å²) in [5.74, 6) is -0.707. The predicted octanol–water partition coefficient (Wildman–Crippen LogP) is 0.906. The minimum absolute atomic E-state index is 0.202. The maximum absolute atomic E-state index is 13.6. The van der Waals surface area contributed by atoms with E-state index in [4.69, 9.17) is 5.73 Å². The monoisotopic (exact) mass is 371 g/mol. The van der Waals surface area contributed by atoms with Gasteiger partial charge < -0.3 is 21.7 Å². The Morgan fingerprint density at radius 2 is 1.67 bits per heavy atom. The zero-order valence-corrected chi connectivity index (χ0v) is 15.0. The van der Waals surface area contributed by atoms with Crippen LogP contribution in [0.5, 0.6) is 0 Å². The number of primary amides is 1. The lowest BCUT2D eigenvalue weighted by Gasteiger charge is -2.12. The van der Waals surface area contributed by atoms with E-state index in [9.17, 15) is 14.0 Å². The Balaban J connectivity index is 1.84. The highest BCUT2D eigenvalue weighted by molar-refractivity contribution is 5.96. The molecule has 0 saturated heterocycles. The van der Waals surface area contributed by atoms with Crippen LogP contribution in [0.2, 0.25) is 0 Å². The van der Waals surface area contributed by atoms with Gasteiger partial charge in [-0.2, -0.15) is 0 Å². The first-order valence-corrected chi connectivity index (χ1v) is 8.33. The van der Waals surface area contributed by atoms with Crippen LogP contribution in [0.3, 0.4) is 0 Å². The second kappa shape index (κ2) is 9.91. The predicted molar refractivity (Wildman–Crippen MR) is 101 cm³/mol. The molecule has 0 aliphatic heterocycles. The van der Waals surface area contributed by atoms with Crippen LogP contribution in [0.15, 0.2) is 53.5 Å². The second-order valence-corrected chi connectivity index (χ2v) is 5.72. The number of aliphatic imine (C=N–C) groups is 1. The van der Waals surface area contributed by atoms with Crippen molar-refractivity contribution in [2.45, 2.75) is 13.1 Å². The Bertz CT molecular complexity index is 821. The van der Waals surface area contributed by atoms with Crippen molar-refractivity contribution in [3.8, 4) is 0 Å². The molecule has 0 heterocycles. The molecule has 0 aliphatic carbocycles. The number of amides is 2. The Morgan fingerprint density at radius 1 is 1.00 bits per heavy atom. The van der Waals surface area contributed by atoms with E-state index < -0.39 is 5.91 Å². The third kappa shape index (κ3) is 6.43. The maximum atomic E-state index is 13.6. The Kier molecular flexibility index (Phi) is 7.30. The quantitative estimate of drug-likeness (QED) is 0.428. The molecule has 0 unspecified atom stereocenters. The average molecular weight is 371 g/mol. The van der Waals surface area contributed by atoms with Crippen LogP contribution in [0.25, 0.3) is 0 Å². The number of carbonyl (C=O) groups is 2.